The summed E-state index contributed by atoms with van der Waals surface area (Å²) >= 11 is 6.13. The molecular weight excluding hydrogens is 272 g/mol. The summed E-state index contributed by atoms with van der Waals surface area (Å²) in [6, 6.07) is 6.35. The molecule has 1 aromatic carbocycles. The Morgan fingerprint density at radius 2 is 2.35 bits per heavy atom. The van der Waals surface area contributed by atoms with Crippen LogP contribution in [0.15, 0.2) is 36.9 Å². The zero-order valence-electron chi connectivity index (χ0n) is 10.9. The maximum absolute atomic E-state index is 6.13. The molecule has 102 valence electrons. The summed E-state index contributed by atoms with van der Waals surface area (Å²) in [4.78, 5) is 7.66. The van der Waals surface area contributed by atoms with Gasteiger partial charge < -0.3 is 14.9 Å². The van der Waals surface area contributed by atoms with Crippen molar-refractivity contribution in [1.82, 2.24) is 19.9 Å². The standard InChI is InChI=1S/C15H15ClN4/c16-10-1-2-13-12(7-10)11-3-4-18-14(15(11)19-13)8-20-6-5-17-9-20/h1-2,5-7,9,14,18-19H,3-4,8H2. The molecule has 2 aromatic heterocycles. The van der Waals surface area contributed by atoms with Gasteiger partial charge in [-0.2, -0.15) is 0 Å². The Bertz CT molecular complexity index is 745. The topological polar surface area (TPSA) is 45.6 Å². The number of hydrogen-bond acceptors (Lipinski definition) is 2. The zero-order chi connectivity index (χ0) is 13.5. The van der Waals surface area contributed by atoms with E-state index in [4.69, 9.17) is 11.6 Å². The first-order valence-corrected chi connectivity index (χ1v) is 7.18. The average Bonchev–Trinajstić information content (AvgIpc) is 3.07. The van der Waals surface area contributed by atoms with Crippen LogP contribution >= 0.6 is 11.6 Å². The van der Waals surface area contributed by atoms with Crippen LogP contribution in [0.2, 0.25) is 5.02 Å². The quantitative estimate of drug-likeness (QED) is 0.761. The number of benzene rings is 1. The van der Waals surface area contributed by atoms with Crippen LogP contribution in [-0.2, 0) is 13.0 Å². The van der Waals surface area contributed by atoms with Gasteiger partial charge in [-0.3, -0.25) is 0 Å². The number of aromatic amines is 1. The normalized spacial score (nSPS) is 18.4. The molecule has 1 atom stereocenters. The van der Waals surface area contributed by atoms with Gasteiger partial charge in [-0.05, 0) is 36.7 Å². The van der Waals surface area contributed by atoms with Crippen molar-refractivity contribution in [2.24, 2.45) is 0 Å². The third-order valence-electron chi connectivity index (χ3n) is 3.97. The van der Waals surface area contributed by atoms with E-state index < -0.39 is 0 Å². The molecule has 0 spiro atoms. The van der Waals surface area contributed by atoms with Gasteiger partial charge in [-0.1, -0.05) is 11.6 Å². The lowest BCUT2D eigenvalue weighted by atomic mass is 9.99. The first-order chi connectivity index (χ1) is 9.81. The molecule has 2 N–H and O–H groups in total. The Balaban J connectivity index is 1.78. The maximum Gasteiger partial charge on any atom is 0.0946 e. The Morgan fingerprint density at radius 3 is 3.20 bits per heavy atom. The van der Waals surface area contributed by atoms with Gasteiger partial charge in [-0.25, -0.2) is 4.98 Å². The van der Waals surface area contributed by atoms with Gasteiger partial charge in [0.2, 0.25) is 0 Å². The smallest absolute Gasteiger partial charge is 0.0946 e. The van der Waals surface area contributed by atoms with Crippen molar-refractivity contribution in [1.29, 1.82) is 0 Å². The van der Waals surface area contributed by atoms with Crippen LogP contribution in [-0.4, -0.2) is 21.1 Å². The first kappa shape index (κ1) is 12.0. The lowest BCUT2D eigenvalue weighted by Crippen LogP contribution is -2.32. The van der Waals surface area contributed by atoms with Crippen LogP contribution in [0.3, 0.4) is 0 Å². The van der Waals surface area contributed by atoms with Gasteiger partial charge in [0.25, 0.3) is 0 Å². The van der Waals surface area contributed by atoms with Crippen molar-refractivity contribution in [2.45, 2.75) is 19.0 Å². The number of aromatic nitrogens is 3. The van der Waals surface area contributed by atoms with E-state index in [1.807, 2.05) is 24.8 Å². The molecule has 20 heavy (non-hydrogen) atoms. The third-order valence-corrected chi connectivity index (χ3v) is 4.20. The molecule has 1 unspecified atom stereocenters. The molecule has 0 radical (unpaired) electrons. The number of H-pyrrole nitrogens is 1. The fraction of sp³-hybridized carbons (Fsp3) is 0.267. The summed E-state index contributed by atoms with van der Waals surface area (Å²) in [5.41, 5.74) is 3.84. The van der Waals surface area contributed by atoms with E-state index in [1.165, 1.54) is 22.2 Å². The lowest BCUT2D eigenvalue weighted by molar-refractivity contribution is 0.437. The molecule has 1 aliphatic heterocycles. The number of rotatable bonds is 2. The Labute approximate surface area is 121 Å². The minimum atomic E-state index is 0.291. The summed E-state index contributed by atoms with van der Waals surface area (Å²) < 4.78 is 2.10. The number of nitrogens with one attached hydrogen (secondary N) is 2. The van der Waals surface area contributed by atoms with Crippen molar-refractivity contribution in [3.05, 3.63) is 53.2 Å². The van der Waals surface area contributed by atoms with Crippen LogP contribution in [0.25, 0.3) is 10.9 Å². The van der Waals surface area contributed by atoms with Gasteiger partial charge in [0.05, 0.1) is 12.4 Å². The van der Waals surface area contributed by atoms with Gasteiger partial charge in [-0.15, -0.1) is 0 Å². The van der Waals surface area contributed by atoms with Gasteiger partial charge in [0, 0.05) is 40.6 Å². The Kier molecular flexibility index (Phi) is 2.79. The predicted octanol–water partition coefficient (Wildman–Crippen LogP) is 2.90. The van der Waals surface area contributed by atoms with Crippen LogP contribution in [0.4, 0.5) is 0 Å². The highest BCUT2D eigenvalue weighted by molar-refractivity contribution is 6.31. The minimum Gasteiger partial charge on any atom is -0.357 e. The highest BCUT2D eigenvalue weighted by atomic mass is 35.5. The summed E-state index contributed by atoms with van der Waals surface area (Å²) in [6.45, 7) is 1.87. The van der Waals surface area contributed by atoms with Crippen LogP contribution in [0.1, 0.15) is 17.3 Å². The van der Waals surface area contributed by atoms with Crippen LogP contribution < -0.4 is 5.32 Å². The van der Waals surface area contributed by atoms with E-state index in [0.717, 1.165) is 24.5 Å². The van der Waals surface area contributed by atoms with Gasteiger partial charge in [0.1, 0.15) is 0 Å². The molecule has 0 saturated carbocycles. The van der Waals surface area contributed by atoms with E-state index >= 15 is 0 Å². The highest BCUT2D eigenvalue weighted by Gasteiger charge is 2.24. The first-order valence-electron chi connectivity index (χ1n) is 6.80. The van der Waals surface area contributed by atoms with Crippen molar-refractivity contribution in [3.63, 3.8) is 0 Å². The zero-order valence-corrected chi connectivity index (χ0v) is 11.7. The molecule has 3 aromatic rings. The van der Waals surface area contributed by atoms with E-state index in [9.17, 15) is 0 Å². The molecule has 4 nitrogen and oxygen atoms in total. The van der Waals surface area contributed by atoms with Crippen molar-refractivity contribution in [2.75, 3.05) is 6.54 Å². The predicted molar refractivity (Wildman–Crippen MR) is 80.0 cm³/mol. The molecule has 0 aliphatic carbocycles. The number of fused-ring (bicyclic) bond motifs is 3. The van der Waals surface area contributed by atoms with Crippen LogP contribution in [0.5, 0.6) is 0 Å². The highest BCUT2D eigenvalue weighted by Crippen LogP contribution is 2.32. The number of imidazole rings is 1. The van der Waals surface area contributed by atoms with Gasteiger partial charge in [0.15, 0.2) is 0 Å². The molecule has 0 amide bonds. The second kappa shape index (κ2) is 4.65. The second-order valence-electron chi connectivity index (χ2n) is 5.22. The fourth-order valence-corrected chi connectivity index (χ4v) is 3.21. The van der Waals surface area contributed by atoms with Gasteiger partial charge >= 0.3 is 0 Å². The summed E-state index contributed by atoms with van der Waals surface area (Å²) in [6.07, 6.45) is 6.70. The molecule has 5 heteroatoms. The SMILES string of the molecule is Clc1ccc2[nH]c3c(c2c1)CCNC3Cn1ccnc1. The van der Waals surface area contributed by atoms with Crippen molar-refractivity contribution in [3.8, 4) is 0 Å². The van der Waals surface area contributed by atoms with E-state index in [2.05, 4.69) is 32.0 Å². The molecule has 3 heterocycles. The van der Waals surface area contributed by atoms with E-state index in [-0.39, 0.29) is 0 Å². The Hall–Kier alpha value is -1.78. The molecule has 4 rings (SSSR count). The summed E-state index contributed by atoms with van der Waals surface area (Å²) in [5.74, 6) is 0. The summed E-state index contributed by atoms with van der Waals surface area (Å²) in [7, 11) is 0. The molecule has 0 bridgehead atoms. The molecule has 1 aliphatic rings. The average molecular weight is 287 g/mol. The minimum absolute atomic E-state index is 0.291. The number of hydrogen-bond donors (Lipinski definition) is 2. The molecular formula is C15H15ClN4. The van der Waals surface area contributed by atoms with E-state index in [1.54, 1.807) is 0 Å². The maximum atomic E-state index is 6.13. The van der Waals surface area contributed by atoms with Crippen LogP contribution in [0, 0.1) is 0 Å². The second-order valence-corrected chi connectivity index (χ2v) is 5.66. The van der Waals surface area contributed by atoms with Crippen molar-refractivity contribution < 1.29 is 0 Å². The van der Waals surface area contributed by atoms with Crippen molar-refractivity contribution >= 4 is 22.5 Å². The summed E-state index contributed by atoms with van der Waals surface area (Å²) in [5, 5.41) is 5.63. The largest absolute Gasteiger partial charge is 0.357 e. The fourth-order valence-electron chi connectivity index (χ4n) is 3.04. The van der Waals surface area contributed by atoms with E-state index in [0.29, 0.717) is 6.04 Å². The monoisotopic (exact) mass is 286 g/mol. The molecule has 0 fully saturated rings. The third kappa shape index (κ3) is 1.92. The lowest BCUT2D eigenvalue weighted by Gasteiger charge is -2.24. The number of nitrogens with zero attached hydrogens (tertiary/aromatic N) is 2. The number of halogens is 1. The Morgan fingerprint density at radius 1 is 1.40 bits per heavy atom. The molecule has 0 saturated heterocycles.